The van der Waals surface area contributed by atoms with E-state index in [0.717, 1.165) is 31.9 Å². The quantitative estimate of drug-likeness (QED) is 0.904. The molecule has 0 amide bonds. The van der Waals surface area contributed by atoms with Gasteiger partial charge in [-0.2, -0.15) is 5.10 Å². The zero-order valence-electron chi connectivity index (χ0n) is 11.9. The van der Waals surface area contributed by atoms with Crippen LogP contribution in [0.1, 0.15) is 37.1 Å². The van der Waals surface area contributed by atoms with Crippen LogP contribution in [0, 0.1) is 6.92 Å². The van der Waals surface area contributed by atoms with E-state index >= 15 is 0 Å². The van der Waals surface area contributed by atoms with Crippen LogP contribution in [0.5, 0.6) is 0 Å². The van der Waals surface area contributed by atoms with Crippen LogP contribution in [-0.2, 0) is 13.6 Å². The van der Waals surface area contributed by atoms with Crippen LogP contribution < -0.4 is 5.32 Å². The number of aromatic nitrogens is 2. The maximum atomic E-state index is 4.52. The predicted molar refractivity (Wildman–Crippen MR) is 80.1 cm³/mol. The smallest absolute Gasteiger partial charge is 0.0739 e. The molecule has 4 nitrogen and oxygen atoms in total. The summed E-state index contributed by atoms with van der Waals surface area (Å²) < 4.78 is 3.21. The van der Waals surface area contributed by atoms with Crippen molar-refractivity contribution in [1.29, 1.82) is 0 Å². The number of nitrogens with zero attached hydrogens (tertiary/aromatic N) is 3. The van der Waals surface area contributed by atoms with Gasteiger partial charge >= 0.3 is 0 Å². The highest BCUT2D eigenvalue weighted by Crippen LogP contribution is 2.37. The minimum Gasteiger partial charge on any atom is -0.314 e. The van der Waals surface area contributed by atoms with Crippen molar-refractivity contribution < 1.29 is 0 Å². The highest BCUT2D eigenvalue weighted by molar-refractivity contribution is 9.10. The summed E-state index contributed by atoms with van der Waals surface area (Å²) in [7, 11) is 2.05. The largest absolute Gasteiger partial charge is 0.314 e. The molecule has 0 bridgehead atoms. The van der Waals surface area contributed by atoms with Gasteiger partial charge in [-0.1, -0.05) is 12.8 Å². The van der Waals surface area contributed by atoms with E-state index in [0.29, 0.717) is 5.54 Å². The second kappa shape index (κ2) is 5.19. The third-order valence-corrected chi connectivity index (χ3v) is 5.85. The molecule has 1 aromatic rings. The number of halogens is 1. The van der Waals surface area contributed by atoms with Crippen LogP contribution >= 0.6 is 15.9 Å². The fraction of sp³-hybridized carbons (Fsp3) is 0.786. The summed E-state index contributed by atoms with van der Waals surface area (Å²) in [5.74, 6) is 0. The molecule has 1 aliphatic heterocycles. The lowest BCUT2D eigenvalue weighted by atomic mass is 9.92. The predicted octanol–water partition coefficient (Wildman–Crippen LogP) is 2.21. The van der Waals surface area contributed by atoms with Crippen LogP contribution in [0.15, 0.2) is 4.47 Å². The van der Waals surface area contributed by atoms with Crippen LogP contribution in [0.2, 0.25) is 0 Å². The molecule has 1 saturated carbocycles. The first-order chi connectivity index (χ1) is 9.12. The molecule has 106 valence electrons. The van der Waals surface area contributed by atoms with Gasteiger partial charge in [-0.3, -0.25) is 9.58 Å². The van der Waals surface area contributed by atoms with Gasteiger partial charge in [-0.05, 0) is 35.7 Å². The Morgan fingerprint density at radius 2 is 2.11 bits per heavy atom. The summed E-state index contributed by atoms with van der Waals surface area (Å²) in [5.41, 5.74) is 2.80. The molecular weight excluding hydrogens is 304 g/mol. The van der Waals surface area contributed by atoms with Crippen LogP contribution in [-0.4, -0.2) is 39.9 Å². The van der Waals surface area contributed by atoms with Crippen LogP contribution in [0.4, 0.5) is 0 Å². The van der Waals surface area contributed by atoms with Crippen molar-refractivity contribution in [3.63, 3.8) is 0 Å². The Kier molecular flexibility index (Phi) is 3.71. The van der Waals surface area contributed by atoms with Gasteiger partial charge in [-0.15, -0.1) is 0 Å². The van der Waals surface area contributed by atoms with Crippen molar-refractivity contribution in [1.82, 2.24) is 20.0 Å². The zero-order valence-corrected chi connectivity index (χ0v) is 13.5. The number of rotatable bonds is 2. The Morgan fingerprint density at radius 1 is 1.37 bits per heavy atom. The fourth-order valence-corrected chi connectivity index (χ4v) is 4.15. The lowest BCUT2D eigenvalue weighted by molar-refractivity contribution is 0.0548. The molecule has 1 aromatic heterocycles. The monoisotopic (exact) mass is 326 g/mol. The molecule has 19 heavy (non-hydrogen) atoms. The van der Waals surface area contributed by atoms with Crippen LogP contribution in [0.3, 0.4) is 0 Å². The van der Waals surface area contributed by atoms with Crippen molar-refractivity contribution in [2.24, 2.45) is 7.05 Å². The molecule has 5 heteroatoms. The molecule has 0 aromatic carbocycles. The Morgan fingerprint density at radius 3 is 2.74 bits per heavy atom. The minimum absolute atomic E-state index is 0.399. The zero-order chi connectivity index (χ0) is 13.5. The second-order valence-corrected chi connectivity index (χ2v) is 6.79. The maximum absolute atomic E-state index is 4.52. The standard InChI is InChI=1S/C14H23BrN4/c1-11-13(15)12(18(2)17-11)9-19-8-7-16-10-14(19)5-3-4-6-14/h16H,3-10H2,1-2H3. The minimum atomic E-state index is 0.399. The third-order valence-electron chi connectivity index (χ3n) is 4.82. The fourth-order valence-electron chi connectivity index (χ4n) is 3.69. The van der Waals surface area contributed by atoms with Crippen molar-refractivity contribution in [3.05, 3.63) is 15.9 Å². The normalized spacial score (nSPS) is 23.3. The van der Waals surface area contributed by atoms with Gasteiger partial charge in [0.05, 0.1) is 15.9 Å². The highest BCUT2D eigenvalue weighted by atomic mass is 79.9. The van der Waals surface area contributed by atoms with Gasteiger partial charge in [0.25, 0.3) is 0 Å². The first-order valence-electron chi connectivity index (χ1n) is 7.26. The van der Waals surface area contributed by atoms with E-state index in [2.05, 4.69) is 45.2 Å². The third kappa shape index (κ3) is 2.36. The topological polar surface area (TPSA) is 33.1 Å². The molecule has 2 heterocycles. The number of nitrogens with one attached hydrogen (secondary N) is 1. The summed E-state index contributed by atoms with van der Waals surface area (Å²) in [4.78, 5) is 2.69. The molecule has 1 spiro atoms. The second-order valence-electron chi connectivity index (χ2n) is 6.00. The summed E-state index contributed by atoms with van der Waals surface area (Å²) in [5, 5.41) is 8.11. The first-order valence-corrected chi connectivity index (χ1v) is 8.05. The molecule has 0 unspecified atom stereocenters. The summed E-state index contributed by atoms with van der Waals surface area (Å²) >= 11 is 3.70. The number of aryl methyl sites for hydroxylation is 2. The van der Waals surface area contributed by atoms with Crippen LogP contribution in [0.25, 0.3) is 0 Å². The molecule has 1 N–H and O–H groups in total. The van der Waals surface area contributed by atoms with E-state index < -0.39 is 0 Å². The van der Waals surface area contributed by atoms with Crippen molar-refractivity contribution in [3.8, 4) is 0 Å². The molecule has 1 aliphatic carbocycles. The molecule has 1 saturated heterocycles. The SMILES string of the molecule is Cc1nn(C)c(CN2CCNCC23CCCC3)c1Br. The summed E-state index contributed by atoms with van der Waals surface area (Å²) in [6, 6.07) is 0. The van der Waals surface area contributed by atoms with E-state index in [9.17, 15) is 0 Å². The molecule has 0 atom stereocenters. The molecule has 2 fully saturated rings. The Labute approximate surface area is 123 Å². The highest BCUT2D eigenvalue weighted by Gasteiger charge is 2.41. The average molecular weight is 327 g/mol. The summed E-state index contributed by atoms with van der Waals surface area (Å²) in [6.07, 6.45) is 5.44. The van der Waals surface area contributed by atoms with Crippen molar-refractivity contribution in [2.75, 3.05) is 19.6 Å². The van der Waals surface area contributed by atoms with E-state index in [4.69, 9.17) is 0 Å². The molecule has 0 radical (unpaired) electrons. The Bertz CT molecular complexity index is 462. The average Bonchev–Trinajstić information content (AvgIpc) is 2.94. The lowest BCUT2D eigenvalue weighted by Gasteiger charge is -2.45. The van der Waals surface area contributed by atoms with Gasteiger partial charge in [0.1, 0.15) is 0 Å². The van der Waals surface area contributed by atoms with E-state index in [1.165, 1.54) is 35.8 Å². The Balaban J connectivity index is 1.84. The van der Waals surface area contributed by atoms with Gasteiger partial charge in [0.15, 0.2) is 0 Å². The molecular formula is C14H23BrN4. The van der Waals surface area contributed by atoms with Gasteiger partial charge in [-0.25, -0.2) is 0 Å². The molecule has 3 rings (SSSR count). The Hall–Kier alpha value is -0.390. The van der Waals surface area contributed by atoms with Gasteiger partial charge in [0, 0.05) is 38.8 Å². The van der Waals surface area contributed by atoms with E-state index in [-0.39, 0.29) is 0 Å². The first kappa shape index (κ1) is 13.6. The maximum Gasteiger partial charge on any atom is 0.0739 e. The van der Waals surface area contributed by atoms with Crippen molar-refractivity contribution in [2.45, 2.75) is 44.7 Å². The number of hydrogen-bond acceptors (Lipinski definition) is 3. The number of piperazine rings is 1. The van der Waals surface area contributed by atoms with Gasteiger partial charge < -0.3 is 5.32 Å². The summed E-state index contributed by atoms with van der Waals surface area (Å²) in [6.45, 7) is 6.49. The van der Waals surface area contributed by atoms with Crippen molar-refractivity contribution >= 4 is 15.9 Å². The lowest BCUT2D eigenvalue weighted by Crippen LogP contribution is -2.59. The number of hydrogen-bond donors (Lipinski definition) is 1. The van der Waals surface area contributed by atoms with E-state index in [1.54, 1.807) is 0 Å². The van der Waals surface area contributed by atoms with Gasteiger partial charge in [0.2, 0.25) is 0 Å². The molecule has 2 aliphatic rings. The van der Waals surface area contributed by atoms with E-state index in [1.807, 2.05) is 4.68 Å².